The Kier molecular flexibility index (Phi) is 6.86. The average Bonchev–Trinajstić information content (AvgIpc) is 3.14. The normalized spacial score (nSPS) is 20.5. The molecule has 1 aromatic heterocycles. The quantitative estimate of drug-likeness (QED) is 0.475. The standard InChI is InChI=1S/C30H35N3O3/c1-30(29(35)31-24-15-8-3-4-9-16-24)21-32-25(22-12-6-5-7-13-22)18-19-26(32)28(34)33(30)20-23-14-10-11-17-27(23)36-2/h5-7,10-14,17-19,24H,3-4,8-9,15-16,20-21H2,1-2H3,(H,31,35). The Bertz CT molecular complexity index is 1230. The van der Waals surface area contributed by atoms with Crippen molar-refractivity contribution in [3.8, 4) is 17.0 Å². The van der Waals surface area contributed by atoms with Crippen molar-refractivity contribution in [3.63, 3.8) is 0 Å². The Hall–Kier alpha value is -3.54. The van der Waals surface area contributed by atoms with Crippen LogP contribution in [-0.4, -0.2) is 40.0 Å². The summed E-state index contributed by atoms with van der Waals surface area (Å²) in [5.41, 5.74) is 2.40. The van der Waals surface area contributed by atoms with Gasteiger partial charge in [0.05, 0.1) is 20.2 Å². The van der Waals surface area contributed by atoms with Gasteiger partial charge in [-0.05, 0) is 43.5 Å². The summed E-state index contributed by atoms with van der Waals surface area (Å²) < 4.78 is 7.59. The molecule has 2 heterocycles. The lowest BCUT2D eigenvalue weighted by Gasteiger charge is -2.45. The van der Waals surface area contributed by atoms with Gasteiger partial charge in [0.2, 0.25) is 5.91 Å². The van der Waals surface area contributed by atoms with Crippen molar-refractivity contribution in [1.29, 1.82) is 0 Å². The van der Waals surface area contributed by atoms with Crippen LogP contribution in [-0.2, 0) is 17.9 Å². The fourth-order valence-corrected chi connectivity index (χ4v) is 5.65. The number of nitrogens with one attached hydrogen (secondary N) is 1. The molecule has 0 radical (unpaired) electrons. The Morgan fingerprint density at radius 2 is 1.61 bits per heavy atom. The second kappa shape index (κ2) is 10.2. The van der Waals surface area contributed by atoms with Gasteiger partial charge in [-0.25, -0.2) is 0 Å². The first-order valence-electron chi connectivity index (χ1n) is 13.0. The molecule has 1 fully saturated rings. The topological polar surface area (TPSA) is 63.6 Å². The maximum absolute atomic E-state index is 14.0. The molecule has 2 aliphatic rings. The van der Waals surface area contributed by atoms with Crippen molar-refractivity contribution >= 4 is 11.8 Å². The number of hydrogen-bond acceptors (Lipinski definition) is 3. The molecule has 36 heavy (non-hydrogen) atoms. The number of fused-ring (bicyclic) bond motifs is 1. The number of carbonyl (C=O) groups excluding carboxylic acids is 2. The van der Waals surface area contributed by atoms with Gasteiger partial charge in [-0.2, -0.15) is 0 Å². The maximum atomic E-state index is 14.0. The number of aromatic nitrogens is 1. The van der Waals surface area contributed by atoms with Crippen molar-refractivity contribution in [2.24, 2.45) is 0 Å². The number of hydrogen-bond donors (Lipinski definition) is 1. The number of amides is 2. The summed E-state index contributed by atoms with van der Waals surface area (Å²) >= 11 is 0. The molecular formula is C30H35N3O3. The number of methoxy groups -OCH3 is 1. The van der Waals surface area contributed by atoms with Gasteiger partial charge in [0.25, 0.3) is 5.91 Å². The van der Waals surface area contributed by atoms with Crippen molar-refractivity contribution in [2.75, 3.05) is 7.11 Å². The van der Waals surface area contributed by atoms with Crippen molar-refractivity contribution in [3.05, 3.63) is 78.0 Å². The number of ether oxygens (including phenoxy) is 1. The minimum Gasteiger partial charge on any atom is -0.496 e. The van der Waals surface area contributed by atoms with Crippen LogP contribution in [0.2, 0.25) is 0 Å². The van der Waals surface area contributed by atoms with E-state index >= 15 is 0 Å². The fraction of sp³-hybridized carbons (Fsp3) is 0.400. The van der Waals surface area contributed by atoms with Crippen LogP contribution in [0.5, 0.6) is 5.75 Å². The highest BCUT2D eigenvalue weighted by Crippen LogP contribution is 2.35. The van der Waals surface area contributed by atoms with E-state index < -0.39 is 5.54 Å². The van der Waals surface area contributed by atoms with Crippen LogP contribution in [0.25, 0.3) is 11.3 Å². The molecule has 6 nitrogen and oxygen atoms in total. The lowest BCUT2D eigenvalue weighted by atomic mass is 9.92. The summed E-state index contributed by atoms with van der Waals surface area (Å²) in [7, 11) is 1.63. The third-order valence-corrected chi connectivity index (χ3v) is 7.78. The molecule has 5 rings (SSSR count). The number of benzene rings is 2. The van der Waals surface area contributed by atoms with Gasteiger partial charge in [0, 0.05) is 17.3 Å². The first-order valence-corrected chi connectivity index (χ1v) is 13.0. The van der Waals surface area contributed by atoms with Gasteiger partial charge in [-0.3, -0.25) is 9.59 Å². The zero-order valence-corrected chi connectivity index (χ0v) is 21.2. The van der Waals surface area contributed by atoms with E-state index in [9.17, 15) is 9.59 Å². The third-order valence-electron chi connectivity index (χ3n) is 7.78. The molecule has 0 bridgehead atoms. The molecule has 1 saturated carbocycles. The summed E-state index contributed by atoms with van der Waals surface area (Å²) in [5, 5.41) is 3.34. The van der Waals surface area contributed by atoms with E-state index in [0.717, 1.165) is 42.5 Å². The van der Waals surface area contributed by atoms with E-state index in [2.05, 4.69) is 5.32 Å². The summed E-state index contributed by atoms with van der Waals surface area (Å²) in [6.07, 6.45) is 6.68. The smallest absolute Gasteiger partial charge is 0.271 e. The minimum absolute atomic E-state index is 0.0870. The highest BCUT2D eigenvalue weighted by molar-refractivity contribution is 6.00. The summed E-state index contributed by atoms with van der Waals surface area (Å²) in [4.78, 5) is 29.8. The number of rotatable bonds is 6. The fourth-order valence-electron chi connectivity index (χ4n) is 5.65. The molecule has 1 atom stereocenters. The Morgan fingerprint density at radius 1 is 0.944 bits per heavy atom. The predicted octanol–water partition coefficient (Wildman–Crippen LogP) is 5.42. The molecule has 1 aliphatic heterocycles. The average molecular weight is 486 g/mol. The third kappa shape index (κ3) is 4.52. The van der Waals surface area contributed by atoms with E-state index in [1.807, 2.05) is 78.2 Å². The van der Waals surface area contributed by atoms with Gasteiger partial charge < -0.3 is 19.5 Å². The van der Waals surface area contributed by atoms with Crippen LogP contribution in [0, 0.1) is 0 Å². The van der Waals surface area contributed by atoms with Gasteiger partial charge in [-0.15, -0.1) is 0 Å². The van der Waals surface area contributed by atoms with Crippen LogP contribution in [0.1, 0.15) is 61.5 Å². The van der Waals surface area contributed by atoms with Crippen molar-refractivity contribution in [1.82, 2.24) is 14.8 Å². The van der Waals surface area contributed by atoms with Crippen LogP contribution in [0.15, 0.2) is 66.7 Å². The second-order valence-corrected chi connectivity index (χ2v) is 10.2. The second-order valence-electron chi connectivity index (χ2n) is 10.2. The van der Waals surface area contributed by atoms with Crippen LogP contribution in [0.3, 0.4) is 0 Å². The van der Waals surface area contributed by atoms with Crippen molar-refractivity contribution < 1.29 is 14.3 Å². The maximum Gasteiger partial charge on any atom is 0.271 e. The van der Waals surface area contributed by atoms with E-state index in [1.165, 1.54) is 12.8 Å². The number of carbonyl (C=O) groups is 2. The Labute approximate surface area is 213 Å². The van der Waals surface area contributed by atoms with Crippen LogP contribution in [0.4, 0.5) is 0 Å². The molecule has 1 aliphatic carbocycles. The van der Waals surface area contributed by atoms with Gasteiger partial charge in [0.15, 0.2) is 0 Å². The van der Waals surface area contributed by atoms with Crippen LogP contribution < -0.4 is 10.1 Å². The number of nitrogens with zero attached hydrogens (tertiary/aromatic N) is 2. The van der Waals surface area contributed by atoms with Crippen molar-refractivity contribution in [2.45, 2.75) is 70.1 Å². The first kappa shape index (κ1) is 24.2. The Morgan fingerprint density at radius 3 is 2.33 bits per heavy atom. The summed E-state index contributed by atoms with van der Waals surface area (Å²) in [5.74, 6) is 0.478. The molecule has 1 N–H and O–H groups in total. The van der Waals surface area contributed by atoms with Crippen LogP contribution >= 0.6 is 0 Å². The zero-order valence-electron chi connectivity index (χ0n) is 21.2. The van der Waals surface area contributed by atoms with Gasteiger partial charge in [-0.1, -0.05) is 74.2 Å². The van der Waals surface area contributed by atoms with E-state index in [0.29, 0.717) is 24.5 Å². The monoisotopic (exact) mass is 485 g/mol. The number of para-hydroxylation sites is 1. The predicted molar refractivity (Wildman–Crippen MR) is 141 cm³/mol. The molecule has 3 aromatic rings. The molecular weight excluding hydrogens is 450 g/mol. The lowest BCUT2D eigenvalue weighted by Crippen LogP contribution is -2.64. The molecule has 0 spiro atoms. The van der Waals surface area contributed by atoms with Gasteiger partial charge in [0.1, 0.15) is 17.0 Å². The van der Waals surface area contributed by atoms with Gasteiger partial charge >= 0.3 is 0 Å². The minimum atomic E-state index is -1.06. The molecule has 0 saturated heterocycles. The van der Waals surface area contributed by atoms with E-state index in [4.69, 9.17) is 4.74 Å². The summed E-state index contributed by atoms with van der Waals surface area (Å²) in [6, 6.07) is 21.8. The largest absolute Gasteiger partial charge is 0.496 e. The lowest BCUT2D eigenvalue weighted by molar-refractivity contribution is -0.134. The molecule has 2 aromatic carbocycles. The highest BCUT2D eigenvalue weighted by atomic mass is 16.5. The van der Waals surface area contributed by atoms with E-state index in [-0.39, 0.29) is 17.9 Å². The zero-order chi connectivity index (χ0) is 25.1. The highest BCUT2D eigenvalue weighted by Gasteiger charge is 2.48. The Balaban J connectivity index is 1.54. The molecule has 1 unspecified atom stereocenters. The molecule has 2 amide bonds. The molecule has 188 valence electrons. The SMILES string of the molecule is COc1ccccc1CN1C(=O)c2ccc(-c3ccccc3)n2CC1(C)C(=O)NC1CCCCCC1. The first-order chi connectivity index (χ1) is 17.5. The molecule has 6 heteroatoms. The summed E-state index contributed by atoms with van der Waals surface area (Å²) in [6.45, 7) is 2.59. The van der Waals surface area contributed by atoms with E-state index in [1.54, 1.807) is 12.0 Å².